The predicted molar refractivity (Wildman–Crippen MR) is 164 cm³/mol. The number of carbonyl (C=O) groups excluding carboxylic acids is 2. The number of hydrogen-bond acceptors (Lipinski definition) is 6. The van der Waals surface area contributed by atoms with E-state index in [0.717, 1.165) is 33.4 Å². The van der Waals surface area contributed by atoms with Crippen molar-refractivity contribution in [1.82, 2.24) is 15.4 Å². The van der Waals surface area contributed by atoms with Gasteiger partial charge in [-0.1, -0.05) is 24.3 Å². The van der Waals surface area contributed by atoms with Gasteiger partial charge >= 0.3 is 0 Å². The van der Waals surface area contributed by atoms with Crippen LogP contribution < -0.4 is 20.7 Å². The Kier molecular flexibility index (Phi) is 9.30. The average molecular weight is 538 g/mol. The Bertz CT molecular complexity index is 1540. The molecule has 0 aliphatic heterocycles. The number of rotatable bonds is 11. The van der Waals surface area contributed by atoms with E-state index in [-0.39, 0.29) is 11.8 Å². The third kappa shape index (κ3) is 7.57. The summed E-state index contributed by atoms with van der Waals surface area (Å²) in [7, 11) is 7.90. The fraction of sp³-hybridized carbons (Fsp3) is 0.226. The largest absolute Gasteiger partial charge is 0.378 e. The van der Waals surface area contributed by atoms with Crippen LogP contribution in [0.1, 0.15) is 34.3 Å². The summed E-state index contributed by atoms with van der Waals surface area (Å²) in [5.74, 6) is -0.412. The summed E-state index contributed by atoms with van der Waals surface area (Å²) >= 11 is 0. The lowest BCUT2D eigenvalue weighted by Crippen LogP contribution is -2.18. The molecule has 4 aromatic rings. The van der Waals surface area contributed by atoms with Gasteiger partial charge in [-0.15, -0.1) is 0 Å². The molecule has 0 radical (unpaired) electrons. The summed E-state index contributed by atoms with van der Waals surface area (Å²) in [6, 6.07) is 23.3. The molecule has 2 N–H and O–H groups in total. The number of nitrogens with one attached hydrogen (secondary N) is 2. The van der Waals surface area contributed by atoms with Crippen LogP contribution in [0, 0.1) is 0 Å². The predicted octanol–water partition coefficient (Wildman–Crippen LogP) is 4.47. The number of hydrazone groups is 2. The van der Waals surface area contributed by atoms with E-state index in [1.54, 1.807) is 18.5 Å². The smallest absolute Gasteiger partial charge is 0.271 e. The number of nitrogens with zero attached hydrogens (tertiary/aromatic N) is 5. The zero-order chi connectivity index (χ0) is 28.5. The molecule has 0 bridgehead atoms. The van der Waals surface area contributed by atoms with Gasteiger partial charge in [-0.3, -0.25) is 9.59 Å². The van der Waals surface area contributed by atoms with E-state index in [9.17, 15) is 9.59 Å². The summed E-state index contributed by atoms with van der Waals surface area (Å²) < 4.78 is 2.08. The molecule has 0 unspecified atom stereocenters. The van der Waals surface area contributed by atoms with E-state index >= 15 is 0 Å². The van der Waals surface area contributed by atoms with Gasteiger partial charge in [0, 0.05) is 75.2 Å². The van der Waals surface area contributed by atoms with Crippen LogP contribution in [0.15, 0.2) is 89.2 Å². The van der Waals surface area contributed by atoms with Gasteiger partial charge < -0.3 is 14.4 Å². The van der Waals surface area contributed by atoms with Crippen LogP contribution in [0.5, 0.6) is 0 Å². The van der Waals surface area contributed by atoms with Crippen molar-refractivity contribution in [3.05, 3.63) is 95.7 Å². The molecule has 0 fully saturated rings. The van der Waals surface area contributed by atoms with Gasteiger partial charge in [-0.05, 0) is 66.1 Å². The van der Waals surface area contributed by atoms with Crippen molar-refractivity contribution in [2.24, 2.45) is 10.2 Å². The topological polar surface area (TPSA) is 94.3 Å². The molecular formula is C31H35N7O2. The number of anilines is 2. The Morgan fingerprint density at radius 3 is 2.05 bits per heavy atom. The SMILES string of the molecule is CN(C)c1cccc(/C=N/NC(=O)CCCn2ccc3cc(C(=O)N/N=C/c4cccc(N(C)C)c4)ccc32)c1. The standard InChI is InChI=1S/C31H35N7O2/c1-36(2)27-10-5-8-23(18-27)21-32-34-30(39)12-7-16-38-17-15-25-20-26(13-14-29(25)38)31(40)35-33-22-24-9-6-11-28(19-24)37(3)4/h5-6,8-11,13-15,17-22H,7,12,16H2,1-4H3,(H,34,39)(H,35,40)/b32-21+,33-22+. The Balaban J connectivity index is 1.26. The molecule has 2 amide bonds. The van der Waals surface area contributed by atoms with Crippen LogP contribution in [0.2, 0.25) is 0 Å². The molecule has 4 rings (SSSR count). The van der Waals surface area contributed by atoms with Gasteiger partial charge in [-0.25, -0.2) is 10.9 Å². The van der Waals surface area contributed by atoms with E-state index in [4.69, 9.17) is 0 Å². The normalized spacial score (nSPS) is 11.3. The number of aryl methyl sites for hydroxylation is 1. The first-order chi connectivity index (χ1) is 19.3. The molecule has 0 aliphatic carbocycles. The Hall–Kier alpha value is -4.92. The maximum Gasteiger partial charge on any atom is 0.271 e. The molecule has 1 heterocycles. The highest BCUT2D eigenvalue weighted by atomic mass is 16.2. The summed E-state index contributed by atoms with van der Waals surface area (Å²) in [6.07, 6.45) is 6.25. The minimum atomic E-state index is -0.277. The first-order valence-corrected chi connectivity index (χ1v) is 13.1. The van der Waals surface area contributed by atoms with Crippen molar-refractivity contribution >= 4 is 46.5 Å². The zero-order valence-corrected chi connectivity index (χ0v) is 23.3. The van der Waals surface area contributed by atoms with Gasteiger partial charge in [0.2, 0.25) is 5.91 Å². The monoisotopic (exact) mass is 537 g/mol. The lowest BCUT2D eigenvalue weighted by atomic mass is 10.1. The van der Waals surface area contributed by atoms with Crippen molar-refractivity contribution in [2.75, 3.05) is 38.0 Å². The Morgan fingerprint density at radius 2 is 1.43 bits per heavy atom. The molecule has 0 atom stereocenters. The van der Waals surface area contributed by atoms with Crippen molar-refractivity contribution < 1.29 is 9.59 Å². The highest BCUT2D eigenvalue weighted by Gasteiger charge is 2.09. The van der Waals surface area contributed by atoms with Gasteiger partial charge in [0.25, 0.3) is 5.91 Å². The summed E-state index contributed by atoms with van der Waals surface area (Å²) in [5.41, 5.74) is 10.7. The van der Waals surface area contributed by atoms with Crippen molar-refractivity contribution in [2.45, 2.75) is 19.4 Å². The molecule has 0 saturated heterocycles. The lowest BCUT2D eigenvalue weighted by molar-refractivity contribution is -0.121. The maximum absolute atomic E-state index is 12.6. The maximum atomic E-state index is 12.6. The van der Waals surface area contributed by atoms with Crippen LogP contribution in [0.25, 0.3) is 10.9 Å². The third-order valence-electron chi connectivity index (χ3n) is 6.39. The number of carbonyl (C=O) groups is 2. The van der Waals surface area contributed by atoms with E-state index in [1.807, 2.05) is 111 Å². The number of hydrogen-bond donors (Lipinski definition) is 2. The fourth-order valence-corrected chi connectivity index (χ4v) is 4.18. The first-order valence-electron chi connectivity index (χ1n) is 13.1. The van der Waals surface area contributed by atoms with E-state index < -0.39 is 0 Å². The summed E-state index contributed by atoms with van der Waals surface area (Å²) in [4.78, 5) is 28.9. The van der Waals surface area contributed by atoms with Gasteiger partial charge in [0.05, 0.1) is 12.4 Å². The molecule has 1 aromatic heterocycles. The highest BCUT2D eigenvalue weighted by Crippen LogP contribution is 2.19. The number of amides is 2. The molecule has 40 heavy (non-hydrogen) atoms. The van der Waals surface area contributed by atoms with Gasteiger partial charge in [0.15, 0.2) is 0 Å². The van der Waals surface area contributed by atoms with E-state index in [1.165, 1.54) is 0 Å². The van der Waals surface area contributed by atoms with Crippen LogP contribution >= 0.6 is 0 Å². The number of fused-ring (bicyclic) bond motifs is 1. The summed E-state index contributed by atoms with van der Waals surface area (Å²) in [6.45, 7) is 0.674. The van der Waals surface area contributed by atoms with Crippen LogP contribution in [-0.4, -0.2) is 57.0 Å². The molecule has 3 aromatic carbocycles. The van der Waals surface area contributed by atoms with Crippen LogP contribution in [0.3, 0.4) is 0 Å². The second-order valence-electron chi connectivity index (χ2n) is 9.86. The molecular weight excluding hydrogens is 502 g/mol. The molecule has 0 aliphatic rings. The second kappa shape index (κ2) is 13.2. The lowest BCUT2D eigenvalue weighted by Gasteiger charge is -2.12. The fourth-order valence-electron chi connectivity index (χ4n) is 4.18. The molecule has 0 saturated carbocycles. The molecule has 0 spiro atoms. The molecule has 9 heteroatoms. The highest BCUT2D eigenvalue weighted by molar-refractivity contribution is 5.98. The minimum Gasteiger partial charge on any atom is -0.378 e. The molecule has 206 valence electrons. The molecule has 9 nitrogen and oxygen atoms in total. The quantitative estimate of drug-likeness (QED) is 0.218. The first kappa shape index (κ1) is 28.1. The number of aromatic nitrogens is 1. The zero-order valence-electron chi connectivity index (χ0n) is 23.3. The Morgan fingerprint density at radius 1 is 0.800 bits per heavy atom. The van der Waals surface area contributed by atoms with Crippen LogP contribution in [-0.2, 0) is 11.3 Å². The summed E-state index contributed by atoms with van der Waals surface area (Å²) in [5, 5.41) is 9.14. The van der Waals surface area contributed by atoms with Crippen molar-refractivity contribution in [3.8, 4) is 0 Å². The Labute approximate surface area is 234 Å². The van der Waals surface area contributed by atoms with Crippen molar-refractivity contribution in [1.29, 1.82) is 0 Å². The van der Waals surface area contributed by atoms with E-state index in [2.05, 4.69) is 25.6 Å². The van der Waals surface area contributed by atoms with Gasteiger partial charge in [-0.2, -0.15) is 10.2 Å². The van der Waals surface area contributed by atoms with Crippen LogP contribution in [0.4, 0.5) is 11.4 Å². The third-order valence-corrected chi connectivity index (χ3v) is 6.39. The minimum absolute atomic E-state index is 0.135. The van der Waals surface area contributed by atoms with Crippen molar-refractivity contribution in [3.63, 3.8) is 0 Å². The average Bonchev–Trinajstić information content (AvgIpc) is 3.35. The van der Waals surface area contributed by atoms with E-state index in [0.29, 0.717) is 24.9 Å². The number of benzene rings is 3. The van der Waals surface area contributed by atoms with Gasteiger partial charge in [0.1, 0.15) is 0 Å². The second-order valence-corrected chi connectivity index (χ2v) is 9.86.